The Labute approximate surface area is 71.7 Å². The quantitative estimate of drug-likeness (QED) is 0.569. The van der Waals surface area contributed by atoms with Crippen molar-refractivity contribution in [3.8, 4) is 0 Å². The molecule has 12 heavy (non-hydrogen) atoms. The van der Waals surface area contributed by atoms with Gasteiger partial charge in [0, 0.05) is 37.3 Å². The zero-order chi connectivity index (χ0) is 8.39. The van der Waals surface area contributed by atoms with Crippen LogP contribution in [-0.4, -0.2) is 23.8 Å². The zero-order valence-corrected chi connectivity index (χ0v) is 7.28. The average molecular weight is 166 g/mol. The van der Waals surface area contributed by atoms with E-state index in [1.807, 2.05) is 7.05 Å². The number of aromatic nitrogens is 2. The highest BCUT2D eigenvalue weighted by Crippen LogP contribution is 2.14. The van der Waals surface area contributed by atoms with Crippen molar-refractivity contribution in [3.63, 3.8) is 0 Å². The van der Waals surface area contributed by atoms with Crippen LogP contribution in [-0.2, 0) is 19.5 Å². The SMILES string of the molecule is CNCc1n[nH]c2c1CNCC2. The normalized spacial score (nSPS) is 16.1. The molecule has 0 amide bonds. The average Bonchev–Trinajstić information content (AvgIpc) is 2.50. The molecule has 0 bridgehead atoms. The second kappa shape index (κ2) is 3.25. The molecule has 4 nitrogen and oxygen atoms in total. The van der Waals surface area contributed by atoms with Crippen LogP contribution >= 0.6 is 0 Å². The standard InChI is InChI=1S/C8H14N4/c1-9-5-8-6-4-10-3-2-7(6)11-12-8/h9-10H,2-5H2,1H3,(H,11,12). The number of H-pyrrole nitrogens is 1. The van der Waals surface area contributed by atoms with E-state index in [9.17, 15) is 0 Å². The van der Waals surface area contributed by atoms with Crippen LogP contribution in [0.3, 0.4) is 0 Å². The molecule has 4 heteroatoms. The number of nitrogens with zero attached hydrogens (tertiary/aromatic N) is 1. The molecule has 0 aromatic carbocycles. The van der Waals surface area contributed by atoms with Crippen LogP contribution in [0.5, 0.6) is 0 Å². The summed E-state index contributed by atoms with van der Waals surface area (Å²) in [6, 6.07) is 0. The van der Waals surface area contributed by atoms with E-state index in [0.29, 0.717) is 0 Å². The molecule has 1 aliphatic heterocycles. The molecule has 0 radical (unpaired) electrons. The van der Waals surface area contributed by atoms with E-state index in [0.717, 1.165) is 31.7 Å². The van der Waals surface area contributed by atoms with Crippen molar-refractivity contribution >= 4 is 0 Å². The molecular weight excluding hydrogens is 152 g/mol. The van der Waals surface area contributed by atoms with Crippen molar-refractivity contribution in [1.82, 2.24) is 20.8 Å². The first-order valence-corrected chi connectivity index (χ1v) is 4.32. The van der Waals surface area contributed by atoms with Gasteiger partial charge in [0.1, 0.15) is 0 Å². The minimum absolute atomic E-state index is 0.855. The number of aromatic amines is 1. The molecule has 0 saturated carbocycles. The van der Waals surface area contributed by atoms with Crippen LogP contribution in [0.4, 0.5) is 0 Å². The summed E-state index contributed by atoms with van der Waals surface area (Å²) in [5.41, 5.74) is 3.81. The Hall–Kier alpha value is -0.870. The third-order valence-corrected chi connectivity index (χ3v) is 2.24. The van der Waals surface area contributed by atoms with Gasteiger partial charge in [-0.1, -0.05) is 0 Å². The van der Waals surface area contributed by atoms with Crippen LogP contribution in [0, 0.1) is 0 Å². The van der Waals surface area contributed by atoms with Gasteiger partial charge in [0.25, 0.3) is 0 Å². The lowest BCUT2D eigenvalue weighted by Gasteiger charge is -2.12. The summed E-state index contributed by atoms with van der Waals surface area (Å²) in [5.74, 6) is 0. The Morgan fingerprint density at radius 2 is 2.50 bits per heavy atom. The van der Waals surface area contributed by atoms with E-state index in [2.05, 4.69) is 20.8 Å². The lowest BCUT2D eigenvalue weighted by Crippen LogP contribution is -2.24. The molecule has 1 aliphatic rings. The molecule has 2 heterocycles. The first-order chi connectivity index (χ1) is 5.92. The summed E-state index contributed by atoms with van der Waals surface area (Å²) in [7, 11) is 1.94. The van der Waals surface area contributed by atoms with E-state index < -0.39 is 0 Å². The van der Waals surface area contributed by atoms with E-state index in [-0.39, 0.29) is 0 Å². The summed E-state index contributed by atoms with van der Waals surface area (Å²) in [4.78, 5) is 0. The van der Waals surface area contributed by atoms with E-state index in [4.69, 9.17) is 0 Å². The van der Waals surface area contributed by atoms with Gasteiger partial charge >= 0.3 is 0 Å². The van der Waals surface area contributed by atoms with Crippen molar-refractivity contribution in [2.45, 2.75) is 19.5 Å². The highest BCUT2D eigenvalue weighted by molar-refractivity contribution is 5.27. The Bertz CT molecular complexity index is 266. The predicted octanol–water partition coefficient (Wildman–Crippen LogP) is -0.225. The summed E-state index contributed by atoms with van der Waals surface area (Å²) in [6.45, 7) is 2.88. The third-order valence-electron chi connectivity index (χ3n) is 2.24. The molecule has 0 aliphatic carbocycles. The fourth-order valence-electron chi connectivity index (χ4n) is 1.60. The first-order valence-electron chi connectivity index (χ1n) is 4.32. The second-order valence-corrected chi connectivity index (χ2v) is 3.08. The van der Waals surface area contributed by atoms with E-state index in [1.165, 1.54) is 11.3 Å². The van der Waals surface area contributed by atoms with Gasteiger partial charge in [-0.3, -0.25) is 5.10 Å². The van der Waals surface area contributed by atoms with Crippen molar-refractivity contribution < 1.29 is 0 Å². The predicted molar refractivity (Wildman–Crippen MR) is 46.8 cm³/mol. The molecule has 66 valence electrons. The monoisotopic (exact) mass is 166 g/mol. The Morgan fingerprint density at radius 3 is 3.33 bits per heavy atom. The highest BCUT2D eigenvalue weighted by atomic mass is 15.1. The van der Waals surface area contributed by atoms with Crippen LogP contribution in [0.1, 0.15) is 17.0 Å². The minimum atomic E-state index is 0.855. The van der Waals surface area contributed by atoms with Crippen molar-refractivity contribution in [3.05, 3.63) is 17.0 Å². The van der Waals surface area contributed by atoms with Crippen molar-refractivity contribution in [1.29, 1.82) is 0 Å². The number of rotatable bonds is 2. The lowest BCUT2D eigenvalue weighted by molar-refractivity contribution is 0.631. The highest BCUT2D eigenvalue weighted by Gasteiger charge is 2.14. The minimum Gasteiger partial charge on any atom is -0.314 e. The third kappa shape index (κ3) is 1.23. The summed E-state index contributed by atoms with van der Waals surface area (Å²) in [6.07, 6.45) is 1.08. The van der Waals surface area contributed by atoms with Gasteiger partial charge in [0.2, 0.25) is 0 Å². The molecule has 0 unspecified atom stereocenters. The molecule has 0 atom stereocenters. The van der Waals surface area contributed by atoms with Crippen molar-refractivity contribution in [2.24, 2.45) is 0 Å². The van der Waals surface area contributed by atoms with Crippen molar-refractivity contribution in [2.75, 3.05) is 13.6 Å². The summed E-state index contributed by atoms with van der Waals surface area (Å²) in [5, 5.41) is 13.8. The Balaban J connectivity index is 2.25. The number of nitrogens with one attached hydrogen (secondary N) is 3. The Kier molecular flexibility index (Phi) is 2.10. The maximum atomic E-state index is 4.26. The van der Waals surface area contributed by atoms with Crippen LogP contribution < -0.4 is 10.6 Å². The summed E-state index contributed by atoms with van der Waals surface area (Å²) < 4.78 is 0. The van der Waals surface area contributed by atoms with Gasteiger partial charge in [-0.25, -0.2) is 0 Å². The number of fused-ring (bicyclic) bond motifs is 1. The van der Waals surface area contributed by atoms with Gasteiger partial charge in [-0.2, -0.15) is 5.10 Å². The molecule has 1 aromatic rings. The van der Waals surface area contributed by atoms with Crippen LogP contribution in [0.2, 0.25) is 0 Å². The maximum absolute atomic E-state index is 4.26. The molecule has 0 spiro atoms. The topological polar surface area (TPSA) is 52.7 Å². The lowest BCUT2D eigenvalue weighted by atomic mass is 10.1. The van der Waals surface area contributed by atoms with Gasteiger partial charge in [-0.15, -0.1) is 0 Å². The number of hydrogen-bond donors (Lipinski definition) is 3. The van der Waals surface area contributed by atoms with Gasteiger partial charge < -0.3 is 10.6 Å². The van der Waals surface area contributed by atoms with Gasteiger partial charge in [0.15, 0.2) is 0 Å². The zero-order valence-electron chi connectivity index (χ0n) is 7.28. The molecule has 0 saturated heterocycles. The largest absolute Gasteiger partial charge is 0.314 e. The second-order valence-electron chi connectivity index (χ2n) is 3.08. The molecule has 2 rings (SSSR count). The fourth-order valence-corrected chi connectivity index (χ4v) is 1.60. The number of hydrogen-bond acceptors (Lipinski definition) is 3. The fraction of sp³-hybridized carbons (Fsp3) is 0.625. The molecule has 1 aromatic heterocycles. The van der Waals surface area contributed by atoms with Gasteiger partial charge in [-0.05, 0) is 7.05 Å². The first kappa shape index (κ1) is 7.76. The van der Waals surface area contributed by atoms with E-state index >= 15 is 0 Å². The Morgan fingerprint density at radius 1 is 1.58 bits per heavy atom. The smallest absolute Gasteiger partial charge is 0.0807 e. The molecular formula is C8H14N4. The molecule has 3 N–H and O–H groups in total. The van der Waals surface area contributed by atoms with E-state index in [1.54, 1.807) is 0 Å². The summed E-state index contributed by atoms with van der Waals surface area (Å²) >= 11 is 0. The van der Waals surface area contributed by atoms with Crippen LogP contribution in [0.25, 0.3) is 0 Å². The maximum Gasteiger partial charge on any atom is 0.0807 e. The molecule has 0 fully saturated rings. The van der Waals surface area contributed by atoms with Crippen LogP contribution in [0.15, 0.2) is 0 Å². The van der Waals surface area contributed by atoms with Gasteiger partial charge in [0.05, 0.1) is 5.69 Å².